The third-order valence-corrected chi connectivity index (χ3v) is 8.30. The Labute approximate surface area is 240 Å². The maximum Gasteiger partial charge on any atom is 0.271 e. The number of amides is 2. The maximum atomic E-state index is 14.0. The molecule has 2 aromatic rings. The molecule has 1 fully saturated rings. The van der Waals surface area contributed by atoms with Crippen molar-refractivity contribution in [3.63, 3.8) is 0 Å². The second kappa shape index (κ2) is 14.2. The molecule has 0 saturated heterocycles. The molecule has 2 aromatic carbocycles. The number of sulfonamides is 1. The number of anilines is 1. The number of nitrogens with one attached hydrogen (secondary N) is 1. The summed E-state index contributed by atoms with van der Waals surface area (Å²) in [5.74, 6) is -0.294. The molecule has 0 spiro atoms. The van der Waals surface area contributed by atoms with E-state index in [1.54, 1.807) is 31.2 Å². The standard InChI is InChI=1S/C28H38N4O8S/c1-5-24(28(34)29-21-9-7-6-8-10-21)30(18-20-11-14-23(39-2)15-12-20)27(33)19-31(41(4,37)38)25-17-22(32(35)36)13-16-26(25)40-3/h11-17,21,24H,5-10,18-19H2,1-4H3,(H,29,34)/t24-/m1/s1. The van der Waals surface area contributed by atoms with Gasteiger partial charge in [-0.05, 0) is 43.0 Å². The van der Waals surface area contributed by atoms with Crippen molar-refractivity contribution in [3.8, 4) is 11.5 Å². The van der Waals surface area contributed by atoms with Crippen molar-refractivity contribution in [3.05, 3.63) is 58.1 Å². The Morgan fingerprint density at radius 3 is 2.27 bits per heavy atom. The van der Waals surface area contributed by atoms with Crippen LogP contribution in [0.4, 0.5) is 11.4 Å². The van der Waals surface area contributed by atoms with Gasteiger partial charge in [0, 0.05) is 24.7 Å². The highest BCUT2D eigenvalue weighted by molar-refractivity contribution is 7.92. The summed E-state index contributed by atoms with van der Waals surface area (Å²) >= 11 is 0. The Kier molecular flexibility index (Phi) is 10.9. The quantitative estimate of drug-likeness (QED) is 0.275. The number of hydrogen-bond acceptors (Lipinski definition) is 8. The highest BCUT2D eigenvalue weighted by atomic mass is 32.2. The van der Waals surface area contributed by atoms with Crippen LogP contribution in [0.1, 0.15) is 51.0 Å². The Bertz CT molecular complexity index is 1330. The molecule has 13 heteroatoms. The second-order valence-electron chi connectivity index (χ2n) is 10.0. The van der Waals surface area contributed by atoms with Crippen LogP contribution >= 0.6 is 0 Å². The van der Waals surface area contributed by atoms with Crippen LogP contribution in [0.25, 0.3) is 0 Å². The van der Waals surface area contributed by atoms with E-state index >= 15 is 0 Å². The molecule has 0 bridgehead atoms. The first-order chi connectivity index (χ1) is 19.5. The lowest BCUT2D eigenvalue weighted by Crippen LogP contribution is -2.54. The minimum absolute atomic E-state index is 0.0184. The summed E-state index contributed by atoms with van der Waals surface area (Å²) in [5.41, 5.74) is 0.193. The maximum absolute atomic E-state index is 14.0. The first-order valence-corrected chi connectivity index (χ1v) is 15.4. The highest BCUT2D eigenvalue weighted by Gasteiger charge is 2.34. The molecule has 1 N–H and O–H groups in total. The number of hydrogen-bond donors (Lipinski definition) is 1. The van der Waals surface area contributed by atoms with Crippen LogP contribution in [0.5, 0.6) is 11.5 Å². The number of rotatable bonds is 13. The number of nitro groups is 1. The van der Waals surface area contributed by atoms with E-state index < -0.39 is 33.4 Å². The van der Waals surface area contributed by atoms with Crippen molar-refractivity contribution in [1.29, 1.82) is 0 Å². The van der Waals surface area contributed by atoms with Crippen molar-refractivity contribution < 1.29 is 32.4 Å². The summed E-state index contributed by atoms with van der Waals surface area (Å²) in [5, 5.41) is 14.5. The predicted octanol–water partition coefficient (Wildman–Crippen LogP) is 3.63. The fourth-order valence-corrected chi connectivity index (χ4v) is 5.82. The topological polar surface area (TPSA) is 148 Å². The fourth-order valence-electron chi connectivity index (χ4n) is 4.97. The number of nitro benzene ring substituents is 1. The van der Waals surface area contributed by atoms with Crippen molar-refractivity contribution in [2.24, 2.45) is 0 Å². The van der Waals surface area contributed by atoms with Gasteiger partial charge in [0.25, 0.3) is 5.69 Å². The molecular formula is C28H38N4O8S. The van der Waals surface area contributed by atoms with Crippen molar-refractivity contribution >= 4 is 33.2 Å². The van der Waals surface area contributed by atoms with Crippen LogP contribution in [-0.2, 0) is 26.2 Å². The SMILES string of the molecule is CC[C@H](C(=O)NC1CCCCC1)N(Cc1ccc(OC)cc1)C(=O)CN(c1cc([N+](=O)[O-])ccc1OC)S(C)(=O)=O. The number of methoxy groups -OCH3 is 2. The summed E-state index contributed by atoms with van der Waals surface area (Å²) in [7, 11) is -1.28. The van der Waals surface area contributed by atoms with Gasteiger partial charge in [0.2, 0.25) is 21.8 Å². The number of nitrogens with zero attached hydrogens (tertiary/aromatic N) is 3. The summed E-state index contributed by atoms with van der Waals surface area (Å²) in [4.78, 5) is 39.6. The first-order valence-electron chi connectivity index (χ1n) is 13.5. The van der Waals surface area contributed by atoms with Crippen LogP contribution in [0.2, 0.25) is 0 Å². The zero-order valence-electron chi connectivity index (χ0n) is 23.9. The van der Waals surface area contributed by atoms with E-state index in [1.807, 2.05) is 0 Å². The number of carbonyl (C=O) groups is 2. The third-order valence-electron chi connectivity index (χ3n) is 7.17. The molecule has 1 aliphatic carbocycles. The van der Waals surface area contributed by atoms with Gasteiger partial charge in [-0.2, -0.15) is 0 Å². The molecule has 0 radical (unpaired) electrons. The van der Waals surface area contributed by atoms with E-state index in [0.717, 1.165) is 48.7 Å². The smallest absolute Gasteiger partial charge is 0.271 e. The summed E-state index contributed by atoms with van der Waals surface area (Å²) in [6, 6.07) is 9.65. The minimum atomic E-state index is -4.11. The lowest BCUT2D eigenvalue weighted by atomic mass is 9.95. The Hall–Kier alpha value is -3.87. The molecule has 1 aliphatic rings. The van der Waals surface area contributed by atoms with E-state index in [2.05, 4.69) is 5.32 Å². The molecule has 41 heavy (non-hydrogen) atoms. The monoisotopic (exact) mass is 590 g/mol. The molecule has 1 atom stereocenters. The van der Waals surface area contributed by atoms with Crippen molar-refractivity contribution in [1.82, 2.24) is 10.2 Å². The summed E-state index contributed by atoms with van der Waals surface area (Å²) in [6.07, 6.45) is 6.08. The average Bonchev–Trinajstić information content (AvgIpc) is 2.95. The molecular weight excluding hydrogens is 552 g/mol. The van der Waals surface area contributed by atoms with E-state index in [4.69, 9.17) is 9.47 Å². The van der Waals surface area contributed by atoms with Crippen LogP contribution in [0.3, 0.4) is 0 Å². The highest BCUT2D eigenvalue weighted by Crippen LogP contribution is 2.34. The van der Waals surface area contributed by atoms with E-state index in [-0.39, 0.29) is 35.6 Å². The number of carbonyl (C=O) groups excluding carboxylic acids is 2. The second-order valence-corrected chi connectivity index (χ2v) is 11.9. The average molecular weight is 591 g/mol. The van der Waals surface area contributed by atoms with Gasteiger partial charge >= 0.3 is 0 Å². The zero-order valence-corrected chi connectivity index (χ0v) is 24.7. The van der Waals surface area contributed by atoms with Gasteiger partial charge in [-0.15, -0.1) is 0 Å². The van der Waals surface area contributed by atoms with Crippen LogP contribution in [0.15, 0.2) is 42.5 Å². The van der Waals surface area contributed by atoms with Crippen molar-refractivity contribution in [2.75, 3.05) is 31.3 Å². The van der Waals surface area contributed by atoms with E-state index in [0.29, 0.717) is 17.7 Å². The molecule has 0 aliphatic heterocycles. The first kappa shape index (κ1) is 31.7. The van der Waals surface area contributed by atoms with Gasteiger partial charge in [0.1, 0.15) is 29.8 Å². The number of non-ortho nitro benzene ring substituents is 1. The lowest BCUT2D eigenvalue weighted by Gasteiger charge is -2.34. The van der Waals surface area contributed by atoms with Gasteiger partial charge in [-0.25, -0.2) is 8.42 Å². The normalized spacial score (nSPS) is 14.5. The van der Waals surface area contributed by atoms with E-state index in [1.165, 1.54) is 31.3 Å². The fraction of sp³-hybridized carbons (Fsp3) is 0.500. The van der Waals surface area contributed by atoms with Crippen LogP contribution in [0, 0.1) is 10.1 Å². The molecule has 0 aromatic heterocycles. The largest absolute Gasteiger partial charge is 0.497 e. The minimum Gasteiger partial charge on any atom is -0.497 e. The molecule has 224 valence electrons. The van der Waals surface area contributed by atoms with Gasteiger partial charge < -0.3 is 19.7 Å². The molecule has 3 rings (SSSR count). The number of benzene rings is 2. The Morgan fingerprint density at radius 1 is 1.07 bits per heavy atom. The number of ether oxygens (including phenoxy) is 2. The zero-order chi connectivity index (χ0) is 30.2. The predicted molar refractivity (Wildman–Crippen MR) is 154 cm³/mol. The summed E-state index contributed by atoms with van der Waals surface area (Å²) in [6.45, 7) is 1.13. The summed E-state index contributed by atoms with van der Waals surface area (Å²) < 4.78 is 37.2. The van der Waals surface area contributed by atoms with Gasteiger partial charge in [-0.1, -0.05) is 38.3 Å². The molecule has 1 saturated carbocycles. The van der Waals surface area contributed by atoms with Gasteiger partial charge in [0.15, 0.2) is 0 Å². The van der Waals surface area contributed by atoms with Gasteiger partial charge in [-0.3, -0.25) is 24.0 Å². The molecule has 2 amide bonds. The lowest BCUT2D eigenvalue weighted by molar-refractivity contribution is -0.384. The third kappa shape index (κ3) is 8.32. The Morgan fingerprint density at radius 2 is 1.73 bits per heavy atom. The molecule has 0 unspecified atom stereocenters. The van der Waals surface area contributed by atoms with Crippen molar-refractivity contribution in [2.45, 2.75) is 64.1 Å². The van der Waals surface area contributed by atoms with E-state index in [9.17, 15) is 28.1 Å². The van der Waals surface area contributed by atoms with Gasteiger partial charge in [0.05, 0.1) is 25.4 Å². The van der Waals surface area contributed by atoms with Crippen LogP contribution in [-0.4, -0.2) is 69.2 Å². The molecule has 12 nitrogen and oxygen atoms in total. The Balaban J connectivity index is 1.99. The molecule has 0 heterocycles. The van der Waals surface area contributed by atoms with Crippen LogP contribution < -0.4 is 19.1 Å².